The second-order valence-corrected chi connectivity index (χ2v) is 6.17. The molecule has 0 bridgehead atoms. The summed E-state index contributed by atoms with van der Waals surface area (Å²) in [6, 6.07) is 3.84. The number of ketones is 1. The molecule has 130 valence electrons. The lowest BCUT2D eigenvalue weighted by Gasteiger charge is -2.33. The number of carbonyl (C=O) groups excluding carboxylic acids is 2. The van der Waals surface area contributed by atoms with E-state index in [0.29, 0.717) is 29.9 Å². The lowest BCUT2D eigenvalue weighted by Crippen LogP contribution is -2.42. The number of aromatic amines is 1. The first kappa shape index (κ1) is 16.9. The number of nitriles is 1. The molecule has 3 rings (SSSR count). The molecule has 4 N–H and O–H groups in total. The summed E-state index contributed by atoms with van der Waals surface area (Å²) < 4.78 is 0. The van der Waals surface area contributed by atoms with Gasteiger partial charge in [0.05, 0.1) is 17.3 Å². The number of nitrogens with zero attached hydrogens (tertiary/aromatic N) is 3. The zero-order chi connectivity index (χ0) is 17.8. The molecular formula is C17H20N6O2. The minimum absolute atomic E-state index is 0.102. The maximum Gasteiger partial charge on any atom is 0.252 e. The van der Waals surface area contributed by atoms with Crippen LogP contribution in [0.1, 0.15) is 36.0 Å². The number of hydrogen-bond acceptors (Lipinski definition) is 6. The number of aromatic nitrogens is 2. The number of pyridine rings is 1. The van der Waals surface area contributed by atoms with Crippen molar-refractivity contribution in [1.82, 2.24) is 15.0 Å². The number of anilines is 1. The number of nitrogens with two attached hydrogens (primary N) is 1. The third-order valence-electron chi connectivity index (χ3n) is 4.48. The molecule has 2 aromatic rings. The van der Waals surface area contributed by atoms with Gasteiger partial charge >= 0.3 is 0 Å². The molecule has 8 heteroatoms. The van der Waals surface area contributed by atoms with Gasteiger partial charge in [-0.1, -0.05) is 0 Å². The predicted octanol–water partition coefficient (Wildman–Crippen LogP) is 1.57. The Bertz CT molecular complexity index is 837. The molecule has 1 saturated heterocycles. The molecule has 0 aliphatic carbocycles. The van der Waals surface area contributed by atoms with Crippen molar-refractivity contribution in [1.29, 1.82) is 5.26 Å². The van der Waals surface area contributed by atoms with Gasteiger partial charge in [-0.15, -0.1) is 0 Å². The largest absolute Gasteiger partial charge is 0.365 e. The molecule has 1 fully saturated rings. The van der Waals surface area contributed by atoms with Crippen LogP contribution in [0.15, 0.2) is 18.5 Å². The van der Waals surface area contributed by atoms with E-state index in [4.69, 9.17) is 11.0 Å². The highest BCUT2D eigenvalue weighted by atomic mass is 16.1. The van der Waals surface area contributed by atoms with Gasteiger partial charge in [-0.25, -0.2) is 9.99 Å². The zero-order valence-electron chi connectivity index (χ0n) is 13.8. The average Bonchev–Trinajstić information content (AvgIpc) is 3.09. The van der Waals surface area contributed by atoms with Gasteiger partial charge in [0.2, 0.25) is 0 Å². The number of hydrogen-bond donors (Lipinski definition) is 3. The van der Waals surface area contributed by atoms with Crippen LogP contribution in [0.2, 0.25) is 0 Å². The summed E-state index contributed by atoms with van der Waals surface area (Å²) in [5.41, 5.74) is 10.3. The first-order valence-corrected chi connectivity index (χ1v) is 8.27. The van der Waals surface area contributed by atoms with E-state index in [9.17, 15) is 9.59 Å². The highest BCUT2D eigenvalue weighted by Crippen LogP contribution is 2.27. The van der Waals surface area contributed by atoms with Crippen molar-refractivity contribution in [2.75, 3.05) is 18.5 Å². The van der Waals surface area contributed by atoms with Crippen molar-refractivity contribution >= 4 is 28.4 Å². The lowest BCUT2D eigenvalue weighted by atomic mass is 9.92. The number of nitrogens with one attached hydrogen (secondary N) is 2. The van der Waals surface area contributed by atoms with Gasteiger partial charge < -0.3 is 16.1 Å². The topological polar surface area (TPSA) is 128 Å². The van der Waals surface area contributed by atoms with Crippen LogP contribution < -0.4 is 11.2 Å². The average molecular weight is 340 g/mol. The molecule has 0 aromatic carbocycles. The van der Waals surface area contributed by atoms with E-state index in [-0.39, 0.29) is 18.1 Å². The standard InChI is InChI=1S/C17H20N6O2/c18-6-1-4-14(24)11-3-2-8-23(10-11)22-15-12-5-7-20-17(12)21-9-13(15)16(19)25/h5,7,9,11H,1-4,8,10H2,(H2,19,25)(H2,20,21,22)/t11-/m0/s1. The van der Waals surface area contributed by atoms with Gasteiger partial charge in [0.1, 0.15) is 11.4 Å². The summed E-state index contributed by atoms with van der Waals surface area (Å²) in [5.74, 6) is -0.545. The maximum absolute atomic E-state index is 12.2. The normalized spacial score (nSPS) is 18.0. The molecule has 0 saturated carbocycles. The Morgan fingerprint density at radius 3 is 3.12 bits per heavy atom. The summed E-state index contributed by atoms with van der Waals surface area (Å²) in [7, 11) is 0. The van der Waals surface area contributed by atoms with E-state index in [1.54, 1.807) is 6.20 Å². The Kier molecular flexibility index (Phi) is 4.95. The minimum atomic E-state index is -0.559. The number of amides is 1. The Balaban J connectivity index is 1.80. The Labute approximate surface area is 145 Å². The first-order chi connectivity index (χ1) is 12.1. The van der Waals surface area contributed by atoms with Crippen molar-refractivity contribution in [2.24, 2.45) is 11.7 Å². The summed E-state index contributed by atoms with van der Waals surface area (Å²) in [5, 5.41) is 11.4. The van der Waals surface area contributed by atoms with E-state index in [1.807, 2.05) is 17.1 Å². The van der Waals surface area contributed by atoms with Crippen LogP contribution in [0.25, 0.3) is 11.0 Å². The predicted molar refractivity (Wildman–Crippen MR) is 92.4 cm³/mol. The molecule has 3 heterocycles. The number of carbonyl (C=O) groups is 2. The third kappa shape index (κ3) is 3.61. The van der Waals surface area contributed by atoms with Gasteiger partial charge in [-0.05, 0) is 18.9 Å². The van der Waals surface area contributed by atoms with E-state index in [2.05, 4.69) is 15.4 Å². The number of Topliss-reactive ketones (excluding diaryl/α,β-unsaturated/α-hetero) is 1. The van der Waals surface area contributed by atoms with Crippen LogP contribution in [0.3, 0.4) is 0 Å². The summed E-state index contributed by atoms with van der Waals surface area (Å²) in [6.07, 6.45) is 5.42. The number of piperidine rings is 1. The van der Waals surface area contributed by atoms with E-state index in [0.717, 1.165) is 24.8 Å². The first-order valence-electron chi connectivity index (χ1n) is 8.27. The van der Waals surface area contributed by atoms with Crippen LogP contribution in [0.5, 0.6) is 0 Å². The minimum Gasteiger partial charge on any atom is -0.365 e. The van der Waals surface area contributed by atoms with Crippen molar-refractivity contribution in [2.45, 2.75) is 25.7 Å². The molecular weight excluding hydrogens is 320 g/mol. The van der Waals surface area contributed by atoms with Gasteiger partial charge in [-0.2, -0.15) is 5.26 Å². The molecule has 25 heavy (non-hydrogen) atoms. The second-order valence-electron chi connectivity index (χ2n) is 6.17. The number of rotatable bonds is 6. The fraction of sp³-hybridized carbons (Fsp3) is 0.412. The monoisotopic (exact) mass is 340 g/mol. The van der Waals surface area contributed by atoms with Crippen LogP contribution >= 0.6 is 0 Å². The fourth-order valence-corrected chi connectivity index (χ4v) is 3.20. The molecule has 1 atom stereocenters. The zero-order valence-corrected chi connectivity index (χ0v) is 13.8. The third-order valence-corrected chi connectivity index (χ3v) is 4.48. The Morgan fingerprint density at radius 2 is 2.36 bits per heavy atom. The number of fused-ring (bicyclic) bond motifs is 1. The van der Waals surface area contributed by atoms with E-state index in [1.165, 1.54) is 6.20 Å². The molecule has 1 amide bonds. The molecule has 8 nitrogen and oxygen atoms in total. The van der Waals surface area contributed by atoms with E-state index < -0.39 is 5.91 Å². The number of primary amides is 1. The Morgan fingerprint density at radius 1 is 1.52 bits per heavy atom. The SMILES string of the molecule is N#CCCC(=O)[C@H]1CCCN(Nc2c(C(N)=O)cnc3[nH]ccc23)C1. The van der Waals surface area contributed by atoms with E-state index >= 15 is 0 Å². The molecule has 1 aliphatic rings. The summed E-state index contributed by atoms with van der Waals surface area (Å²) in [6.45, 7) is 1.30. The molecule has 1 aliphatic heterocycles. The van der Waals surface area contributed by atoms with Gasteiger partial charge in [-0.3, -0.25) is 9.59 Å². The van der Waals surface area contributed by atoms with Crippen molar-refractivity contribution in [3.8, 4) is 6.07 Å². The number of hydrazine groups is 1. The highest BCUT2D eigenvalue weighted by molar-refractivity contribution is 6.05. The summed E-state index contributed by atoms with van der Waals surface area (Å²) in [4.78, 5) is 31.2. The maximum atomic E-state index is 12.2. The lowest BCUT2D eigenvalue weighted by molar-refractivity contribution is -0.124. The van der Waals surface area contributed by atoms with Crippen molar-refractivity contribution in [3.63, 3.8) is 0 Å². The van der Waals surface area contributed by atoms with Crippen LogP contribution in [-0.2, 0) is 4.79 Å². The van der Waals surface area contributed by atoms with Crippen molar-refractivity contribution in [3.05, 3.63) is 24.0 Å². The van der Waals surface area contributed by atoms with Gasteiger partial charge in [0, 0.05) is 49.6 Å². The van der Waals surface area contributed by atoms with Gasteiger partial charge in [0.15, 0.2) is 0 Å². The molecule has 0 spiro atoms. The molecule has 2 aromatic heterocycles. The molecule has 0 unspecified atom stereocenters. The molecule has 0 radical (unpaired) electrons. The van der Waals surface area contributed by atoms with Crippen LogP contribution in [0.4, 0.5) is 5.69 Å². The smallest absolute Gasteiger partial charge is 0.252 e. The van der Waals surface area contributed by atoms with Gasteiger partial charge in [0.25, 0.3) is 5.91 Å². The quantitative estimate of drug-likeness (QED) is 0.732. The summed E-state index contributed by atoms with van der Waals surface area (Å²) >= 11 is 0. The fourth-order valence-electron chi connectivity index (χ4n) is 3.20. The number of H-pyrrole nitrogens is 1. The second kappa shape index (κ2) is 7.32. The highest BCUT2D eigenvalue weighted by Gasteiger charge is 2.26. The Hall–Kier alpha value is -2.92. The van der Waals surface area contributed by atoms with Crippen molar-refractivity contribution < 1.29 is 9.59 Å². The van der Waals surface area contributed by atoms with Crippen LogP contribution in [-0.4, -0.2) is 39.8 Å². The van der Waals surface area contributed by atoms with Crippen LogP contribution in [0, 0.1) is 17.2 Å².